The minimum Gasteiger partial charge on any atom is -0.0853 e. The predicted molar refractivity (Wildman–Crippen MR) is 61.9 cm³/mol. The zero-order chi connectivity index (χ0) is 10.3. The van der Waals surface area contributed by atoms with E-state index in [1.165, 1.54) is 25.7 Å². The van der Waals surface area contributed by atoms with E-state index in [9.17, 15) is 0 Å². The summed E-state index contributed by atoms with van der Waals surface area (Å²) < 4.78 is 0. The zero-order valence-electron chi connectivity index (χ0n) is 10.1. The minimum absolute atomic E-state index is 0.798. The van der Waals surface area contributed by atoms with Crippen LogP contribution in [0.1, 0.15) is 60.3 Å². The van der Waals surface area contributed by atoms with Gasteiger partial charge >= 0.3 is 0 Å². The molecule has 13 heavy (non-hydrogen) atoms. The van der Waals surface area contributed by atoms with Gasteiger partial charge in [0.05, 0.1) is 0 Å². The number of hydrogen-bond acceptors (Lipinski definition) is 0. The van der Waals surface area contributed by atoms with Crippen molar-refractivity contribution in [1.82, 2.24) is 0 Å². The lowest BCUT2D eigenvalue weighted by Crippen LogP contribution is -2.02. The quantitative estimate of drug-likeness (QED) is 0.517. The third kappa shape index (κ3) is 5.90. The van der Waals surface area contributed by atoms with Gasteiger partial charge in [0.1, 0.15) is 0 Å². The fourth-order valence-electron chi connectivity index (χ4n) is 1.84. The van der Waals surface area contributed by atoms with Gasteiger partial charge in [-0.3, -0.25) is 0 Å². The second-order valence-electron chi connectivity index (χ2n) is 4.47. The molecule has 0 amide bonds. The first-order valence-corrected chi connectivity index (χ1v) is 5.80. The Morgan fingerprint density at radius 3 is 2.15 bits per heavy atom. The van der Waals surface area contributed by atoms with Crippen LogP contribution in [0.4, 0.5) is 0 Å². The van der Waals surface area contributed by atoms with Crippen molar-refractivity contribution in [3.8, 4) is 0 Å². The van der Waals surface area contributed by atoms with E-state index in [-0.39, 0.29) is 0 Å². The largest absolute Gasteiger partial charge is 0.0853 e. The molecule has 0 nitrogen and oxygen atoms in total. The molecular weight excluding hydrogens is 156 g/mol. The lowest BCUT2D eigenvalue weighted by molar-refractivity contribution is 0.529. The van der Waals surface area contributed by atoms with Crippen molar-refractivity contribution in [1.29, 1.82) is 0 Å². The summed E-state index contributed by atoms with van der Waals surface area (Å²) in [5, 5.41) is 0. The summed E-state index contributed by atoms with van der Waals surface area (Å²) >= 11 is 0. The van der Waals surface area contributed by atoms with Gasteiger partial charge in [0.2, 0.25) is 0 Å². The Kier molecular flexibility index (Phi) is 7.03. The van der Waals surface area contributed by atoms with E-state index in [1.807, 2.05) is 0 Å². The molecule has 1 unspecified atom stereocenters. The van der Waals surface area contributed by atoms with Gasteiger partial charge in [-0.15, -0.1) is 0 Å². The van der Waals surface area contributed by atoms with Gasteiger partial charge in [0, 0.05) is 0 Å². The van der Waals surface area contributed by atoms with Gasteiger partial charge in [-0.25, -0.2) is 0 Å². The smallest absolute Gasteiger partial charge is 0.0232 e. The molecule has 78 valence electrons. The maximum absolute atomic E-state index is 2.43. The van der Waals surface area contributed by atoms with Crippen molar-refractivity contribution < 1.29 is 0 Å². The van der Waals surface area contributed by atoms with E-state index in [2.05, 4.69) is 40.7 Å². The second-order valence-corrected chi connectivity index (χ2v) is 4.47. The molecule has 0 rings (SSSR count). The monoisotopic (exact) mass is 182 g/mol. The molecule has 0 aliphatic heterocycles. The summed E-state index contributed by atoms with van der Waals surface area (Å²) in [5.74, 6) is 1.60. The van der Waals surface area contributed by atoms with Crippen LogP contribution in [0.25, 0.3) is 0 Å². The zero-order valence-corrected chi connectivity index (χ0v) is 10.1. The van der Waals surface area contributed by atoms with Gasteiger partial charge in [-0.2, -0.15) is 0 Å². The minimum atomic E-state index is 0.798. The summed E-state index contributed by atoms with van der Waals surface area (Å²) in [6.07, 6.45) is 7.56. The van der Waals surface area contributed by atoms with Crippen LogP contribution in [0, 0.1) is 11.8 Å². The van der Waals surface area contributed by atoms with Crippen molar-refractivity contribution >= 4 is 0 Å². The molecule has 0 aliphatic rings. The lowest BCUT2D eigenvalue weighted by Gasteiger charge is -2.17. The first-order valence-electron chi connectivity index (χ1n) is 5.80. The Morgan fingerprint density at radius 1 is 1.15 bits per heavy atom. The van der Waals surface area contributed by atoms with E-state index < -0.39 is 0 Å². The highest BCUT2D eigenvalue weighted by Crippen LogP contribution is 2.23. The van der Waals surface area contributed by atoms with Crippen LogP contribution in [-0.4, -0.2) is 0 Å². The van der Waals surface area contributed by atoms with E-state index >= 15 is 0 Å². The molecule has 0 N–H and O–H groups in total. The van der Waals surface area contributed by atoms with Gasteiger partial charge in [-0.1, -0.05) is 52.7 Å². The van der Waals surface area contributed by atoms with Crippen molar-refractivity contribution in [3.05, 3.63) is 11.6 Å². The van der Waals surface area contributed by atoms with E-state index in [1.54, 1.807) is 5.57 Å². The Labute approximate surface area is 84.4 Å². The molecule has 0 aromatic rings. The molecule has 0 radical (unpaired) electrons. The summed E-state index contributed by atoms with van der Waals surface area (Å²) in [4.78, 5) is 0. The normalized spacial score (nSPS) is 15.1. The highest BCUT2D eigenvalue weighted by molar-refractivity contribution is 5.06. The topological polar surface area (TPSA) is 0 Å². The van der Waals surface area contributed by atoms with Crippen LogP contribution in [0.15, 0.2) is 11.6 Å². The van der Waals surface area contributed by atoms with Crippen LogP contribution in [0.2, 0.25) is 0 Å². The predicted octanol–water partition coefficient (Wildman–Crippen LogP) is 4.81. The Morgan fingerprint density at radius 2 is 1.77 bits per heavy atom. The molecule has 0 saturated heterocycles. The average Bonchev–Trinajstić information content (AvgIpc) is 2.03. The lowest BCUT2D eigenvalue weighted by atomic mass is 9.89. The maximum Gasteiger partial charge on any atom is -0.0232 e. The van der Waals surface area contributed by atoms with E-state index in [0.29, 0.717) is 0 Å². The van der Waals surface area contributed by atoms with Crippen molar-refractivity contribution in [3.63, 3.8) is 0 Å². The van der Waals surface area contributed by atoms with E-state index in [0.717, 1.165) is 11.8 Å². The van der Waals surface area contributed by atoms with Crippen molar-refractivity contribution in [2.75, 3.05) is 0 Å². The first-order chi connectivity index (χ1) is 6.11. The Hall–Kier alpha value is -0.260. The molecule has 0 heteroatoms. The summed E-state index contributed by atoms with van der Waals surface area (Å²) in [5.41, 5.74) is 1.68. The third-order valence-electron chi connectivity index (χ3n) is 2.46. The third-order valence-corrected chi connectivity index (χ3v) is 2.46. The van der Waals surface area contributed by atoms with Crippen molar-refractivity contribution in [2.24, 2.45) is 11.8 Å². The fourth-order valence-corrected chi connectivity index (χ4v) is 1.84. The number of hydrogen-bond donors (Lipinski definition) is 0. The fraction of sp³-hybridized carbons (Fsp3) is 0.846. The Bertz CT molecular complexity index is 142. The van der Waals surface area contributed by atoms with Gasteiger partial charge in [0.25, 0.3) is 0 Å². The molecule has 0 aromatic heterocycles. The summed E-state index contributed by atoms with van der Waals surface area (Å²) in [6.45, 7) is 11.5. The van der Waals surface area contributed by atoms with Crippen molar-refractivity contribution in [2.45, 2.75) is 60.3 Å². The van der Waals surface area contributed by atoms with Crippen LogP contribution in [-0.2, 0) is 0 Å². The standard InChI is InChI=1S/C13H26/c1-6-8-12(5)13(9-7-2)10-11(3)4/h9,11-12H,6-8,10H2,1-5H3. The average molecular weight is 182 g/mol. The molecule has 0 aromatic carbocycles. The van der Waals surface area contributed by atoms with Gasteiger partial charge in [-0.05, 0) is 31.1 Å². The van der Waals surface area contributed by atoms with Gasteiger partial charge in [0.15, 0.2) is 0 Å². The molecule has 1 atom stereocenters. The van der Waals surface area contributed by atoms with Crippen LogP contribution >= 0.6 is 0 Å². The molecule has 0 spiro atoms. The Balaban J connectivity index is 4.15. The molecular formula is C13H26. The maximum atomic E-state index is 2.43. The molecule has 0 bridgehead atoms. The molecule has 0 heterocycles. The highest BCUT2D eigenvalue weighted by atomic mass is 14.1. The second kappa shape index (κ2) is 7.17. The van der Waals surface area contributed by atoms with Crippen LogP contribution in [0.5, 0.6) is 0 Å². The molecule has 0 fully saturated rings. The molecule has 0 saturated carbocycles. The van der Waals surface area contributed by atoms with Crippen LogP contribution in [0.3, 0.4) is 0 Å². The summed E-state index contributed by atoms with van der Waals surface area (Å²) in [6, 6.07) is 0. The van der Waals surface area contributed by atoms with Gasteiger partial charge < -0.3 is 0 Å². The summed E-state index contributed by atoms with van der Waals surface area (Å²) in [7, 11) is 0. The number of allylic oxidation sites excluding steroid dienone is 2. The highest BCUT2D eigenvalue weighted by Gasteiger charge is 2.08. The first kappa shape index (κ1) is 12.7. The SMILES string of the molecule is CCC=C(CC(C)C)C(C)CCC. The molecule has 0 aliphatic carbocycles. The van der Waals surface area contributed by atoms with Crippen LogP contribution < -0.4 is 0 Å². The number of rotatable bonds is 6. The van der Waals surface area contributed by atoms with E-state index in [4.69, 9.17) is 0 Å².